The van der Waals surface area contributed by atoms with Gasteiger partial charge in [-0.1, -0.05) is 0 Å². The van der Waals surface area contributed by atoms with E-state index in [0.29, 0.717) is 6.42 Å². The van der Waals surface area contributed by atoms with Gasteiger partial charge in [-0.25, -0.2) is 0 Å². The van der Waals surface area contributed by atoms with Crippen molar-refractivity contribution in [2.45, 2.75) is 32.2 Å². The summed E-state index contributed by atoms with van der Waals surface area (Å²) in [5.41, 5.74) is 0. The van der Waals surface area contributed by atoms with Crippen molar-refractivity contribution >= 4 is 17.8 Å². The molecule has 0 spiro atoms. The van der Waals surface area contributed by atoms with Crippen molar-refractivity contribution in [3.63, 3.8) is 0 Å². The minimum Gasteiger partial charge on any atom is -0.481 e. The van der Waals surface area contributed by atoms with Crippen LogP contribution in [0, 0.1) is 0 Å². The van der Waals surface area contributed by atoms with E-state index in [9.17, 15) is 14.4 Å². The van der Waals surface area contributed by atoms with Crippen LogP contribution in [0.4, 0.5) is 0 Å². The topological polar surface area (TPSA) is 109 Å². The van der Waals surface area contributed by atoms with E-state index >= 15 is 0 Å². The maximum atomic E-state index is 11.5. The Morgan fingerprint density at radius 3 is 2.70 bits per heavy atom. The molecule has 7 nitrogen and oxygen atoms in total. The van der Waals surface area contributed by atoms with E-state index in [-0.39, 0.29) is 43.0 Å². The third-order valence-electron chi connectivity index (χ3n) is 2.58. The summed E-state index contributed by atoms with van der Waals surface area (Å²) in [6, 6.07) is 2.93. The average Bonchev–Trinajstić information content (AvgIpc) is 2.90. The second kappa shape index (κ2) is 7.98. The minimum atomic E-state index is -0.892. The van der Waals surface area contributed by atoms with Gasteiger partial charge in [-0.2, -0.15) is 0 Å². The van der Waals surface area contributed by atoms with Crippen LogP contribution in [0.25, 0.3) is 0 Å². The lowest BCUT2D eigenvalue weighted by atomic mass is 10.2. The molecule has 0 saturated heterocycles. The maximum Gasteiger partial charge on any atom is 0.303 e. The lowest BCUT2D eigenvalue weighted by molar-refractivity contribution is -0.137. The SMILES string of the molecule is CC(CCC(=O)O)NC(=O)CCNC(=O)c1ccco1. The number of hydrogen-bond acceptors (Lipinski definition) is 4. The lowest BCUT2D eigenvalue weighted by Gasteiger charge is -2.12. The van der Waals surface area contributed by atoms with Crippen LogP contribution in [-0.4, -0.2) is 35.5 Å². The van der Waals surface area contributed by atoms with Crippen molar-refractivity contribution in [2.75, 3.05) is 6.54 Å². The van der Waals surface area contributed by atoms with Crippen molar-refractivity contribution in [3.05, 3.63) is 24.2 Å². The molecule has 1 atom stereocenters. The number of hydrogen-bond donors (Lipinski definition) is 3. The summed E-state index contributed by atoms with van der Waals surface area (Å²) in [6.45, 7) is 1.93. The molecular formula is C13H18N2O5. The summed E-state index contributed by atoms with van der Waals surface area (Å²) in [7, 11) is 0. The summed E-state index contributed by atoms with van der Waals surface area (Å²) in [5.74, 6) is -1.30. The highest BCUT2D eigenvalue weighted by atomic mass is 16.4. The molecule has 3 N–H and O–H groups in total. The molecule has 1 aromatic rings. The number of nitrogens with one attached hydrogen (secondary N) is 2. The molecule has 7 heteroatoms. The zero-order valence-corrected chi connectivity index (χ0v) is 11.2. The summed E-state index contributed by atoms with van der Waals surface area (Å²) >= 11 is 0. The van der Waals surface area contributed by atoms with Crippen LogP contribution in [-0.2, 0) is 9.59 Å². The smallest absolute Gasteiger partial charge is 0.303 e. The molecule has 0 fully saturated rings. The molecule has 0 bridgehead atoms. The Hall–Kier alpha value is -2.31. The van der Waals surface area contributed by atoms with Crippen LogP contribution >= 0.6 is 0 Å². The average molecular weight is 282 g/mol. The number of carboxylic acids is 1. The first kappa shape index (κ1) is 15.7. The Balaban J connectivity index is 2.17. The van der Waals surface area contributed by atoms with Gasteiger partial charge in [0.2, 0.25) is 5.91 Å². The Bertz CT molecular complexity index is 455. The molecule has 0 aliphatic carbocycles. The molecule has 2 amide bonds. The van der Waals surface area contributed by atoms with Gasteiger partial charge < -0.3 is 20.2 Å². The molecule has 1 unspecified atom stereocenters. The highest BCUT2D eigenvalue weighted by Crippen LogP contribution is 1.99. The number of aliphatic carboxylic acids is 1. The van der Waals surface area contributed by atoms with Gasteiger partial charge in [0.1, 0.15) is 0 Å². The number of carbonyl (C=O) groups is 3. The predicted molar refractivity (Wildman–Crippen MR) is 70.1 cm³/mol. The van der Waals surface area contributed by atoms with Crippen LogP contribution in [0.3, 0.4) is 0 Å². The molecule has 20 heavy (non-hydrogen) atoms. The molecule has 1 heterocycles. The van der Waals surface area contributed by atoms with Crippen molar-refractivity contribution in [2.24, 2.45) is 0 Å². The van der Waals surface area contributed by atoms with Gasteiger partial charge in [-0.05, 0) is 25.5 Å². The first-order valence-electron chi connectivity index (χ1n) is 6.32. The molecule has 0 aliphatic rings. The number of rotatable bonds is 8. The highest BCUT2D eigenvalue weighted by molar-refractivity contribution is 5.91. The quantitative estimate of drug-likeness (QED) is 0.652. The molecule has 110 valence electrons. The van der Waals surface area contributed by atoms with E-state index in [1.807, 2.05) is 0 Å². The molecule has 1 rings (SSSR count). The fraction of sp³-hybridized carbons (Fsp3) is 0.462. The number of amides is 2. The highest BCUT2D eigenvalue weighted by Gasteiger charge is 2.11. The zero-order chi connectivity index (χ0) is 15.0. The summed E-state index contributed by atoms with van der Waals surface area (Å²) in [5, 5.41) is 13.7. The van der Waals surface area contributed by atoms with Crippen LogP contribution in [0.5, 0.6) is 0 Å². The summed E-state index contributed by atoms with van der Waals surface area (Å²) in [4.78, 5) is 33.4. The van der Waals surface area contributed by atoms with Gasteiger partial charge in [0.25, 0.3) is 5.91 Å². The Labute approximate surface area is 116 Å². The lowest BCUT2D eigenvalue weighted by Crippen LogP contribution is -2.35. The van der Waals surface area contributed by atoms with Gasteiger partial charge in [-0.3, -0.25) is 14.4 Å². The fourth-order valence-corrected chi connectivity index (χ4v) is 1.54. The Morgan fingerprint density at radius 2 is 2.10 bits per heavy atom. The molecular weight excluding hydrogens is 264 g/mol. The molecule has 0 saturated carbocycles. The normalized spacial score (nSPS) is 11.7. The van der Waals surface area contributed by atoms with E-state index in [2.05, 4.69) is 10.6 Å². The van der Waals surface area contributed by atoms with Gasteiger partial charge >= 0.3 is 5.97 Å². The molecule has 0 aromatic carbocycles. The Morgan fingerprint density at radius 1 is 1.35 bits per heavy atom. The fourth-order valence-electron chi connectivity index (χ4n) is 1.54. The van der Waals surface area contributed by atoms with Crippen molar-refractivity contribution in [1.82, 2.24) is 10.6 Å². The molecule has 1 aromatic heterocycles. The van der Waals surface area contributed by atoms with E-state index < -0.39 is 5.97 Å². The van der Waals surface area contributed by atoms with Gasteiger partial charge in [0, 0.05) is 25.4 Å². The number of carboxylic acid groups (broad SMARTS) is 1. The Kier molecular flexibility index (Phi) is 6.28. The zero-order valence-electron chi connectivity index (χ0n) is 11.2. The third kappa shape index (κ3) is 6.03. The van der Waals surface area contributed by atoms with Crippen molar-refractivity contribution in [1.29, 1.82) is 0 Å². The van der Waals surface area contributed by atoms with Crippen LogP contribution in [0.1, 0.15) is 36.7 Å². The largest absolute Gasteiger partial charge is 0.481 e. The standard InChI is InChI=1S/C13H18N2O5/c1-9(4-5-12(17)18)15-11(16)6-7-14-13(19)10-3-2-8-20-10/h2-3,8-9H,4-7H2,1H3,(H,14,19)(H,15,16)(H,17,18). The van der Waals surface area contributed by atoms with Crippen molar-refractivity contribution in [3.8, 4) is 0 Å². The second-order valence-electron chi connectivity index (χ2n) is 4.38. The predicted octanol–water partition coefficient (Wildman–Crippen LogP) is 0.769. The van der Waals surface area contributed by atoms with Gasteiger partial charge in [0.05, 0.1) is 6.26 Å². The number of furan rings is 1. The monoisotopic (exact) mass is 282 g/mol. The second-order valence-corrected chi connectivity index (χ2v) is 4.38. The van der Waals surface area contributed by atoms with Crippen LogP contribution in [0.15, 0.2) is 22.8 Å². The molecule has 0 aliphatic heterocycles. The van der Waals surface area contributed by atoms with Gasteiger partial charge in [-0.15, -0.1) is 0 Å². The molecule has 0 radical (unpaired) electrons. The summed E-state index contributed by atoms with van der Waals surface area (Å²) < 4.78 is 4.90. The van der Waals surface area contributed by atoms with E-state index in [1.54, 1.807) is 13.0 Å². The first-order chi connectivity index (χ1) is 9.49. The summed E-state index contributed by atoms with van der Waals surface area (Å²) in [6.07, 6.45) is 1.91. The van der Waals surface area contributed by atoms with Crippen LogP contribution < -0.4 is 10.6 Å². The maximum absolute atomic E-state index is 11.5. The van der Waals surface area contributed by atoms with Crippen molar-refractivity contribution < 1.29 is 23.9 Å². The minimum absolute atomic E-state index is 0.0106. The first-order valence-corrected chi connectivity index (χ1v) is 6.32. The van der Waals surface area contributed by atoms with Gasteiger partial charge in [0.15, 0.2) is 5.76 Å². The van der Waals surface area contributed by atoms with E-state index in [1.165, 1.54) is 12.3 Å². The van der Waals surface area contributed by atoms with E-state index in [0.717, 1.165) is 0 Å². The van der Waals surface area contributed by atoms with Crippen LogP contribution in [0.2, 0.25) is 0 Å². The third-order valence-corrected chi connectivity index (χ3v) is 2.58. The number of carbonyl (C=O) groups excluding carboxylic acids is 2. The van der Waals surface area contributed by atoms with E-state index in [4.69, 9.17) is 9.52 Å².